The van der Waals surface area contributed by atoms with Gasteiger partial charge in [0.2, 0.25) is 0 Å². The van der Waals surface area contributed by atoms with Crippen molar-refractivity contribution in [3.8, 4) is 0 Å². The van der Waals surface area contributed by atoms with E-state index in [0.29, 0.717) is 19.6 Å². The van der Waals surface area contributed by atoms with Crippen LogP contribution in [0.5, 0.6) is 0 Å². The summed E-state index contributed by atoms with van der Waals surface area (Å²) in [7, 11) is 0. The van der Waals surface area contributed by atoms with E-state index >= 15 is 0 Å². The molecule has 1 atom stereocenters. The lowest BCUT2D eigenvalue weighted by Crippen LogP contribution is -2.58. The number of carbonyl (C=O) groups is 1. The van der Waals surface area contributed by atoms with Crippen LogP contribution in [0, 0.1) is 5.41 Å². The number of rotatable bonds is 4. The molecule has 0 aromatic rings. The molecule has 7 nitrogen and oxygen atoms in total. The van der Waals surface area contributed by atoms with Gasteiger partial charge in [-0.15, -0.1) is 24.0 Å². The van der Waals surface area contributed by atoms with E-state index in [9.17, 15) is 9.90 Å². The number of aliphatic hydroxyl groups excluding tert-OH is 1. The topological polar surface area (TPSA) is 77.4 Å². The highest BCUT2D eigenvalue weighted by Crippen LogP contribution is 2.38. The SMILES string of the molecule is CC(C)(C)OC(=O)N1CCN2C(NCC3(CCO)CCCCC3)=NCC2C1.I. The maximum atomic E-state index is 12.3. The van der Waals surface area contributed by atoms with Crippen molar-refractivity contribution in [2.75, 3.05) is 39.3 Å². The zero-order valence-corrected chi connectivity index (χ0v) is 19.9. The number of piperazine rings is 1. The zero-order chi connectivity index (χ0) is 19.5. The normalized spacial score (nSPS) is 24.1. The van der Waals surface area contributed by atoms with E-state index in [0.717, 1.165) is 25.5 Å². The summed E-state index contributed by atoms with van der Waals surface area (Å²) in [5.74, 6) is 0.965. The van der Waals surface area contributed by atoms with Gasteiger partial charge in [-0.05, 0) is 45.4 Å². The number of nitrogens with one attached hydrogen (secondary N) is 1. The van der Waals surface area contributed by atoms with E-state index in [1.807, 2.05) is 20.8 Å². The van der Waals surface area contributed by atoms with Crippen molar-refractivity contribution in [1.29, 1.82) is 0 Å². The second-order valence-corrected chi connectivity index (χ2v) is 9.33. The minimum Gasteiger partial charge on any atom is -0.444 e. The number of guanidine groups is 1. The number of ether oxygens (including phenoxy) is 1. The molecule has 2 fully saturated rings. The summed E-state index contributed by atoms with van der Waals surface area (Å²) < 4.78 is 5.51. The van der Waals surface area contributed by atoms with Gasteiger partial charge in [0.15, 0.2) is 5.96 Å². The van der Waals surface area contributed by atoms with Crippen LogP contribution in [0.3, 0.4) is 0 Å². The molecule has 0 spiro atoms. The molecule has 8 heteroatoms. The number of aliphatic hydroxyl groups is 1. The number of hydrogen-bond donors (Lipinski definition) is 2. The first kappa shape index (κ1) is 23.5. The molecule has 2 heterocycles. The van der Waals surface area contributed by atoms with Gasteiger partial charge in [0.05, 0.1) is 12.6 Å². The number of amides is 1. The fraction of sp³-hybridized carbons (Fsp3) is 0.900. The van der Waals surface area contributed by atoms with Crippen LogP contribution < -0.4 is 5.32 Å². The summed E-state index contributed by atoms with van der Waals surface area (Å²) in [6.07, 6.45) is 6.82. The van der Waals surface area contributed by atoms with Gasteiger partial charge >= 0.3 is 6.09 Å². The van der Waals surface area contributed by atoms with Crippen LogP contribution in [-0.2, 0) is 4.74 Å². The molecule has 0 aromatic heterocycles. The summed E-state index contributed by atoms with van der Waals surface area (Å²) in [6.45, 7) is 9.65. The lowest BCUT2D eigenvalue weighted by atomic mass is 9.72. The number of fused-ring (bicyclic) bond motifs is 1. The highest BCUT2D eigenvalue weighted by Gasteiger charge is 2.38. The number of carbonyl (C=O) groups excluding carboxylic acids is 1. The maximum absolute atomic E-state index is 12.3. The average Bonchev–Trinajstić information content (AvgIpc) is 3.02. The van der Waals surface area contributed by atoms with Crippen molar-refractivity contribution in [2.24, 2.45) is 10.4 Å². The van der Waals surface area contributed by atoms with Crippen LogP contribution in [0.4, 0.5) is 4.79 Å². The highest BCUT2D eigenvalue weighted by molar-refractivity contribution is 14.0. The van der Waals surface area contributed by atoms with Gasteiger partial charge in [0, 0.05) is 32.8 Å². The van der Waals surface area contributed by atoms with E-state index in [1.165, 1.54) is 32.1 Å². The third-order valence-electron chi connectivity index (χ3n) is 6.04. The van der Waals surface area contributed by atoms with Crippen molar-refractivity contribution in [2.45, 2.75) is 70.9 Å². The Labute approximate surface area is 186 Å². The third-order valence-corrected chi connectivity index (χ3v) is 6.04. The van der Waals surface area contributed by atoms with Gasteiger partial charge in [-0.1, -0.05) is 19.3 Å². The summed E-state index contributed by atoms with van der Waals surface area (Å²) in [5, 5.41) is 13.1. The molecule has 28 heavy (non-hydrogen) atoms. The molecule has 2 aliphatic heterocycles. The van der Waals surface area contributed by atoms with E-state index in [-0.39, 0.29) is 48.1 Å². The summed E-state index contributed by atoms with van der Waals surface area (Å²) in [5.41, 5.74) is -0.264. The first-order valence-electron chi connectivity index (χ1n) is 10.5. The fourth-order valence-electron chi connectivity index (χ4n) is 4.54. The van der Waals surface area contributed by atoms with Crippen molar-refractivity contribution in [1.82, 2.24) is 15.1 Å². The summed E-state index contributed by atoms with van der Waals surface area (Å²) >= 11 is 0. The van der Waals surface area contributed by atoms with Crippen LogP contribution >= 0.6 is 24.0 Å². The standard InChI is InChI=1S/C20H36N4O3.HI/c1-19(2,3)27-18(26)23-10-11-24-16(14-23)13-21-17(24)22-15-20(9-12-25)7-5-4-6-8-20;/h16,25H,4-15H2,1-3H3,(H,21,22);1H. The summed E-state index contributed by atoms with van der Waals surface area (Å²) in [4.78, 5) is 21.2. The van der Waals surface area contributed by atoms with E-state index in [4.69, 9.17) is 9.73 Å². The molecule has 2 N–H and O–H groups in total. The zero-order valence-electron chi connectivity index (χ0n) is 17.6. The molecule has 3 aliphatic rings. The Morgan fingerprint density at radius 1 is 1.29 bits per heavy atom. The van der Waals surface area contributed by atoms with Gasteiger partial charge < -0.3 is 25.0 Å². The first-order valence-corrected chi connectivity index (χ1v) is 10.5. The largest absolute Gasteiger partial charge is 0.444 e. The monoisotopic (exact) mass is 508 g/mol. The minimum absolute atomic E-state index is 0. The Hall–Kier alpha value is -0.770. The lowest BCUT2D eigenvalue weighted by molar-refractivity contribution is 0.0137. The van der Waals surface area contributed by atoms with Crippen LogP contribution in [0.1, 0.15) is 59.3 Å². The Balaban J connectivity index is 0.00000280. The number of aliphatic imine (C=N–C) groups is 1. The highest BCUT2D eigenvalue weighted by atomic mass is 127. The number of nitrogens with zero attached hydrogens (tertiary/aromatic N) is 3. The molecule has 0 bridgehead atoms. The molecule has 1 unspecified atom stereocenters. The second-order valence-electron chi connectivity index (χ2n) is 9.33. The first-order chi connectivity index (χ1) is 12.8. The van der Waals surface area contributed by atoms with E-state index in [1.54, 1.807) is 4.90 Å². The molecule has 162 valence electrons. The molecular weight excluding hydrogens is 471 g/mol. The quantitative estimate of drug-likeness (QED) is 0.572. The van der Waals surface area contributed by atoms with Crippen molar-refractivity contribution in [3.05, 3.63) is 0 Å². The average molecular weight is 508 g/mol. The maximum Gasteiger partial charge on any atom is 0.410 e. The summed E-state index contributed by atoms with van der Waals surface area (Å²) in [6, 6.07) is 0.230. The predicted octanol–water partition coefficient (Wildman–Crippen LogP) is 2.82. The molecule has 1 amide bonds. The smallest absolute Gasteiger partial charge is 0.410 e. The molecule has 1 saturated heterocycles. The molecule has 3 rings (SSSR count). The van der Waals surface area contributed by atoms with Gasteiger partial charge in [-0.2, -0.15) is 0 Å². The Kier molecular flexibility index (Phi) is 8.25. The second kappa shape index (κ2) is 9.82. The third kappa shape index (κ3) is 5.87. The van der Waals surface area contributed by atoms with Crippen LogP contribution in [-0.4, -0.2) is 77.9 Å². The fourth-order valence-corrected chi connectivity index (χ4v) is 4.54. The van der Waals surface area contributed by atoms with E-state index in [2.05, 4.69) is 10.2 Å². The number of hydrogen-bond acceptors (Lipinski definition) is 6. The van der Waals surface area contributed by atoms with Crippen LogP contribution in [0.2, 0.25) is 0 Å². The van der Waals surface area contributed by atoms with Gasteiger partial charge in [0.1, 0.15) is 5.60 Å². The minimum atomic E-state index is -0.464. The van der Waals surface area contributed by atoms with E-state index < -0.39 is 5.60 Å². The lowest BCUT2D eigenvalue weighted by Gasteiger charge is -2.41. The van der Waals surface area contributed by atoms with Crippen LogP contribution in [0.15, 0.2) is 4.99 Å². The van der Waals surface area contributed by atoms with Crippen molar-refractivity contribution < 1.29 is 14.6 Å². The molecular formula is C20H37IN4O3. The van der Waals surface area contributed by atoms with Gasteiger partial charge in [-0.3, -0.25) is 4.99 Å². The molecule has 0 aromatic carbocycles. The van der Waals surface area contributed by atoms with Gasteiger partial charge in [0.25, 0.3) is 0 Å². The Morgan fingerprint density at radius 3 is 2.64 bits per heavy atom. The van der Waals surface area contributed by atoms with Crippen molar-refractivity contribution >= 4 is 36.0 Å². The van der Waals surface area contributed by atoms with Crippen molar-refractivity contribution in [3.63, 3.8) is 0 Å². The molecule has 0 radical (unpaired) electrons. The predicted molar refractivity (Wildman–Crippen MR) is 121 cm³/mol. The Morgan fingerprint density at radius 2 is 2.00 bits per heavy atom. The molecule has 1 saturated carbocycles. The van der Waals surface area contributed by atoms with Gasteiger partial charge in [-0.25, -0.2) is 4.79 Å². The number of halogens is 1. The molecule has 1 aliphatic carbocycles. The Bertz CT molecular complexity index is 553. The van der Waals surface area contributed by atoms with Crippen LogP contribution in [0.25, 0.3) is 0 Å².